The van der Waals surface area contributed by atoms with Crippen molar-refractivity contribution in [3.63, 3.8) is 0 Å². The van der Waals surface area contributed by atoms with Crippen molar-refractivity contribution in [2.24, 2.45) is 0 Å². The lowest BCUT2D eigenvalue weighted by Gasteiger charge is -2.30. The van der Waals surface area contributed by atoms with Crippen molar-refractivity contribution in [1.29, 1.82) is 0 Å². The van der Waals surface area contributed by atoms with Crippen LogP contribution in [-0.2, 0) is 0 Å². The number of nitrogens with zero attached hydrogens (tertiary/aromatic N) is 2. The van der Waals surface area contributed by atoms with Crippen molar-refractivity contribution >= 4 is 17.5 Å². The number of aromatic nitrogens is 2. The number of hydrogen-bond donors (Lipinski definition) is 2. The summed E-state index contributed by atoms with van der Waals surface area (Å²) in [5, 5.41) is 7.64. The summed E-state index contributed by atoms with van der Waals surface area (Å²) < 4.78 is 1.54. The predicted octanol–water partition coefficient (Wildman–Crippen LogP) is 1.77. The second-order valence-electron chi connectivity index (χ2n) is 7.53. The van der Waals surface area contributed by atoms with Crippen LogP contribution in [0.25, 0.3) is 5.69 Å². The minimum atomic E-state index is -0.438. The van der Waals surface area contributed by atoms with Crippen LogP contribution in [0, 0.1) is 6.92 Å². The molecule has 28 heavy (non-hydrogen) atoms. The van der Waals surface area contributed by atoms with E-state index < -0.39 is 5.91 Å². The maximum Gasteiger partial charge on any atom is 0.275 e. The molecule has 1 aromatic heterocycles. The average Bonchev–Trinajstić information content (AvgIpc) is 2.67. The molecular weight excluding hydrogens is 376 g/mol. The number of carbonyl (C=O) groups is 1. The number of amides is 1. The molecule has 1 unspecified atom stereocenters. The first-order chi connectivity index (χ1) is 13.5. The fourth-order valence-electron chi connectivity index (χ4n) is 3.80. The van der Waals surface area contributed by atoms with Gasteiger partial charge in [0.1, 0.15) is 0 Å². The van der Waals surface area contributed by atoms with Gasteiger partial charge in [0.15, 0.2) is 5.69 Å². The number of aryl methyl sites for hydroxylation is 1. The van der Waals surface area contributed by atoms with Gasteiger partial charge in [0.25, 0.3) is 5.91 Å². The summed E-state index contributed by atoms with van der Waals surface area (Å²) in [6, 6.07) is 9.32. The molecular formula is C21H28ClN4O2+. The lowest BCUT2D eigenvalue weighted by molar-refractivity contribution is -0.928. The Kier molecular flexibility index (Phi) is 6.86. The van der Waals surface area contributed by atoms with E-state index >= 15 is 0 Å². The zero-order valence-corrected chi connectivity index (χ0v) is 17.3. The van der Waals surface area contributed by atoms with Crippen LogP contribution in [0.1, 0.15) is 48.8 Å². The van der Waals surface area contributed by atoms with Crippen LogP contribution in [0.5, 0.6) is 0 Å². The highest BCUT2D eigenvalue weighted by atomic mass is 35.5. The summed E-state index contributed by atoms with van der Waals surface area (Å²) in [5.74, 6) is -0.438. The molecule has 1 aliphatic heterocycles. The first kappa shape index (κ1) is 20.6. The molecule has 1 aromatic carbocycles. The maximum absolute atomic E-state index is 12.5. The van der Waals surface area contributed by atoms with Crippen LogP contribution in [0.2, 0.25) is 5.02 Å². The van der Waals surface area contributed by atoms with Crippen LogP contribution in [-0.4, -0.2) is 41.4 Å². The van der Waals surface area contributed by atoms with Crippen molar-refractivity contribution in [1.82, 2.24) is 15.1 Å². The number of hydrogen-bond acceptors (Lipinski definition) is 3. The number of quaternary nitrogens is 1. The zero-order chi connectivity index (χ0) is 20.1. The summed E-state index contributed by atoms with van der Waals surface area (Å²) in [5.41, 5.74) is 0.772. The Hall–Kier alpha value is -2.18. The van der Waals surface area contributed by atoms with E-state index in [0.29, 0.717) is 29.0 Å². The first-order valence-corrected chi connectivity index (χ1v) is 10.3. The molecule has 1 amide bonds. The van der Waals surface area contributed by atoms with Crippen LogP contribution in [0.15, 0.2) is 35.1 Å². The van der Waals surface area contributed by atoms with E-state index in [1.807, 2.05) is 12.1 Å². The molecule has 7 heteroatoms. The second kappa shape index (κ2) is 9.34. The summed E-state index contributed by atoms with van der Waals surface area (Å²) in [6.07, 6.45) is 4.76. The van der Waals surface area contributed by atoms with E-state index in [0.717, 1.165) is 13.0 Å². The molecule has 0 saturated carbocycles. The average molecular weight is 404 g/mol. The number of para-hydroxylation sites is 1. The van der Waals surface area contributed by atoms with Crippen molar-refractivity contribution in [3.05, 3.63) is 57.0 Å². The monoisotopic (exact) mass is 403 g/mol. The third-order valence-electron chi connectivity index (χ3n) is 5.45. The van der Waals surface area contributed by atoms with Crippen LogP contribution < -0.4 is 15.6 Å². The lowest BCUT2D eigenvalue weighted by atomic mass is 10.0. The van der Waals surface area contributed by atoms with E-state index in [-0.39, 0.29) is 11.1 Å². The smallest absolute Gasteiger partial charge is 0.275 e. The number of nitrogens with one attached hydrogen (secondary N) is 2. The van der Waals surface area contributed by atoms with Gasteiger partial charge in [-0.2, -0.15) is 5.10 Å². The van der Waals surface area contributed by atoms with Crippen molar-refractivity contribution in [3.8, 4) is 5.69 Å². The third-order valence-corrected chi connectivity index (χ3v) is 5.76. The fraction of sp³-hybridized carbons (Fsp3) is 0.476. The largest absolute Gasteiger partial charge is 0.350 e. The first-order valence-electron chi connectivity index (χ1n) is 9.96. The Morgan fingerprint density at radius 1 is 1.36 bits per heavy atom. The van der Waals surface area contributed by atoms with Crippen LogP contribution >= 0.6 is 11.6 Å². The molecule has 150 valence electrons. The Balaban J connectivity index is 1.66. The molecule has 0 aliphatic carbocycles. The molecule has 0 radical (unpaired) electrons. The number of piperidine rings is 1. The van der Waals surface area contributed by atoms with Gasteiger partial charge in [-0.1, -0.05) is 23.7 Å². The number of benzene rings is 1. The molecule has 2 N–H and O–H groups in total. The molecule has 2 atom stereocenters. The van der Waals surface area contributed by atoms with E-state index in [1.165, 1.54) is 36.6 Å². The Bertz CT molecular complexity index is 896. The number of halogens is 1. The predicted molar refractivity (Wildman–Crippen MR) is 111 cm³/mol. The Labute approximate surface area is 170 Å². The standard InChI is InChI=1S/C21H27ClN4O2/c1-15-8-5-6-12-25(15)13-7-11-23-21(28)20-19(27)14-16(2)26(24-20)18-10-4-3-9-17(18)22/h3-4,9-10,14-15H,5-8,11-13H2,1-2H3,(H,23,28)/p+1/t15-/m0/s1. The van der Waals surface area contributed by atoms with Gasteiger partial charge in [-0.3, -0.25) is 9.59 Å². The number of rotatable bonds is 6. The summed E-state index contributed by atoms with van der Waals surface area (Å²) >= 11 is 6.25. The highest BCUT2D eigenvalue weighted by molar-refractivity contribution is 6.32. The van der Waals surface area contributed by atoms with Crippen LogP contribution in [0.3, 0.4) is 0 Å². The molecule has 0 bridgehead atoms. The van der Waals surface area contributed by atoms with Crippen molar-refractivity contribution in [2.45, 2.75) is 45.6 Å². The minimum absolute atomic E-state index is 0.107. The highest BCUT2D eigenvalue weighted by Crippen LogP contribution is 2.19. The van der Waals surface area contributed by atoms with Gasteiger partial charge in [0.05, 0.1) is 29.8 Å². The second-order valence-corrected chi connectivity index (χ2v) is 7.93. The molecule has 2 heterocycles. The fourth-order valence-corrected chi connectivity index (χ4v) is 4.01. The van der Waals surface area contributed by atoms with Gasteiger partial charge >= 0.3 is 0 Å². The SMILES string of the molecule is Cc1cc(=O)c(C(=O)NCCC[NH+]2CCCC[C@@H]2C)nn1-c1ccccc1Cl. The summed E-state index contributed by atoms with van der Waals surface area (Å²) in [6.45, 7) is 6.84. The third kappa shape index (κ3) is 4.80. The van der Waals surface area contributed by atoms with E-state index in [4.69, 9.17) is 11.6 Å². The molecule has 1 saturated heterocycles. The quantitative estimate of drug-likeness (QED) is 0.722. The summed E-state index contributed by atoms with van der Waals surface area (Å²) in [7, 11) is 0. The van der Waals surface area contributed by atoms with Crippen molar-refractivity contribution < 1.29 is 9.69 Å². The summed E-state index contributed by atoms with van der Waals surface area (Å²) in [4.78, 5) is 26.4. The minimum Gasteiger partial charge on any atom is -0.350 e. The van der Waals surface area contributed by atoms with Gasteiger partial charge < -0.3 is 10.2 Å². The Morgan fingerprint density at radius 3 is 2.89 bits per heavy atom. The van der Waals surface area contributed by atoms with Gasteiger partial charge in [0, 0.05) is 24.7 Å². The number of carbonyl (C=O) groups excluding carboxylic acids is 1. The van der Waals surface area contributed by atoms with Gasteiger partial charge in [-0.15, -0.1) is 0 Å². The maximum atomic E-state index is 12.5. The van der Waals surface area contributed by atoms with E-state index in [2.05, 4.69) is 17.3 Å². The molecule has 2 aromatic rings. The van der Waals surface area contributed by atoms with Gasteiger partial charge in [-0.05, 0) is 45.2 Å². The van der Waals surface area contributed by atoms with Gasteiger partial charge in [-0.25, -0.2) is 4.68 Å². The molecule has 6 nitrogen and oxygen atoms in total. The van der Waals surface area contributed by atoms with E-state index in [1.54, 1.807) is 24.0 Å². The highest BCUT2D eigenvalue weighted by Gasteiger charge is 2.21. The molecule has 1 aliphatic rings. The number of likely N-dealkylation sites (tertiary alicyclic amines) is 1. The molecule has 3 rings (SSSR count). The van der Waals surface area contributed by atoms with E-state index in [9.17, 15) is 9.59 Å². The zero-order valence-electron chi connectivity index (χ0n) is 16.5. The lowest BCUT2D eigenvalue weighted by Crippen LogP contribution is -3.16. The van der Waals surface area contributed by atoms with Gasteiger partial charge in [0.2, 0.25) is 5.43 Å². The molecule has 1 fully saturated rings. The topological polar surface area (TPSA) is 68.4 Å². The van der Waals surface area contributed by atoms with Crippen LogP contribution in [0.4, 0.5) is 0 Å². The normalized spacial score (nSPS) is 19.4. The molecule has 0 spiro atoms. The van der Waals surface area contributed by atoms with Crippen molar-refractivity contribution in [2.75, 3.05) is 19.6 Å². The Morgan fingerprint density at radius 2 is 2.14 bits per heavy atom.